The van der Waals surface area contributed by atoms with Crippen LogP contribution in [0.2, 0.25) is 0 Å². The normalized spacial score (nSPS) is 10.5. The van der Waals surface area contributed by atoms with E-state index in [1.807, 2.05) is 0 Å². The number of benzene rings is 3. The van der Waals surface area contributed by atoms with E-state index in [-0.39, 0.29) is 11.6 Å². The maximum absolute atomic E-state index is 13.4. The van der Waals surface area contributed by atoms with Gasteiger partial charge in [0.25, 0.3) is 5.91 Å². The Kier molecular flexibility index (Phi) is 5.61. The zero-order chi connectivity index (χ0) is 21.8. The van der Waals surface area contributed by atoms with Crippen LogP contribution in [0.4, 0.5) is 10.1 Å². The van der Waals surface area contributed by atoms with Gasteiger partial charge in [-0.3, -0.25) is 4.79 Å². The van der Waals surface area contributed by atoms with Gasteiger partial charge in [-0.05, 0) is 60.7 Å². The molecule has 0 aliphatic rings. The fourth-order valence-electron chi connectivity index (χ4n) is 2.99. The van der Waals surface area contributed by atoms with E-state index in [0.717, 1.165) is 0 Å². The first-order valence-electron chi connectivity index (χ1n) is 9.40. The number of methoxy groups -OCH3 is 2. The Labute approximate surface area is 178 Å². The number of nitrogens with zero attached hydrogens (tertiary/aromatic N) is 3. The summed E-state index contributed by atoms with van der Waals surface area (Å²) in [6, 6.07) is 20.0. The molecule has 1 heterocycles. The number of ether oxygens (including phenoxy) is 2. The molecule has 0 unspecified atom stereocenters. The van der Waals surface area contributed by atoms with Crippen LogP contribution < -0.4 is 14.8 Å². The smallest absolute Gasteiger partial charge is 0.295 e. The molecule has 0 bridgehead atoms. The molecule has 0 radical (unpaired) electrons. The standard InChI is InChI=1S/C23H19FN4O3/c1-30-19-12-10-18(11-13-19)28-22(15-6-8-16(24)9-7-15)26-21(27-28)23(29)25-17-4-3-5-20(14-17)31-2/h3-14H,1-2H3,(H,25,29). The minimum atomic E-state index is -0.483. The molecule has 4 aromatic rings. The van der Waals surface area contributed by atoms with Crippen LogP contribution in [0.1, 0.15) is 10.6 Å². The third-order valence-electron chi connectivity index (χ3n) is 4.56. The van der Waals surface area contributed by atoms with Crippen molar-refractivity contribution in [1.82, 2.24) is 14.8 Å². The van der Waals surface area contributed by atoms with Gasteiger partial charge in [-0.1, -0.05) is 6.07 Å². The summed E-state index contributed by atoms with van der Waals surface area (Å²) in [7, 11) is 3.13. The number of amides is 1. The van der Waals surface area contributed by atoms with Crippen molar-refractivity contribution < 1.29 is 18.7 Å². The van der Waals surface area contributed by atoms with E-state index in [1.165, 1.54) is 16.8 Å². The van der Waals surface area contributed by atoms with Gasteiger partial charge in [0.15, 0.2) is 5.82 Å². The highest BCUT2D eigenvalue weighted by molar-refractivity contribution is 6.02. The molecule has 156 valence electrons. The third kappa shape index (κ3) is 4.37. The molecular formula is C23H19FN4O3. The fourth-order valence-corrected chi connectivity index (χ4v) is 2.99. The number of rotatable bonds is 6. The Bertz CT molecular complexity index is 1200. The molecule has 3 aromatic carbocycles. The van der Waals surface area contributed by atoms with Gasteiger partial charge in [-0.15, -0.1) is 5.10 Å². The van der Waals surface area contributed by atoms with Crippen LogP contribution in [0.5, 0.6) is 11.5 Å². The minimum absolute atomic E-state index is 0.0297. The number of hydrogen-bond acceptors (Lipinski definition) is 5. The number of halogens is 1. The van der Waals surface area contributed by atoms with Crippen molar-refractivity contribution in [3.8, 4) is 28.6 Å². The van der Waals surface area contributed by atoms with Crippen molar-refractivity contribution in [3.05, 3.63) is 84.4 Å². The monoisotopic (exact) mass is 418 g/mol. The average molecular weight is 418 g/mol. The van der Waals surface area contributed by atoms with Crippen molar-refractivity contribution in [1.29, 1.82) is 0 Å². The molecule has 7 nitrogen and oxygen atoms in total. The van der Waals surface area contributed by atoms with Crippen molar-refractivity contribution in [2.24, 2.45) is 0 Å². The second-order valence-electron chi connectivity index (χ2n) is 6.56. The molecule has 1 amide bonds. The summed E-state index contributed by atoms with van der Waals surface area (Å²) in [5.41, 5.74) is 1.84. The van der Waals surface area contributed by atoms with Crippen molar-refractivity contribution >= 4 is 11.6 Å². The molecule has 0 saturated carbocycles. The lowest BCUT2D eigenvalue weighted by molar-refractivity contribution is 0.101. The summed E-state index contributed by atoms with van der Waals surface area (Å²) in [6.07, 6.45) is 0. The van der Waals surface area contributed by atoms with Crippen LogP contribution in [0.25, 0.3) is 17.1 Å². The molecule has 0 spiro atoms. The largest absolute Gasteiger partial charge is 0.497 e. The second-order valence-corrected chi connectivity index (χ2v) is 6.56. The number of carbonyl (C=O) groups excluding carboxylic acids is 1. The summed E-state index contributed by atoms with van der Waals surface area (Å²) in [4.78, 5) is 17.2. The fraction of sp³-hybridized carbons (Fsp3) is 0.0870. The summed E-state index contributed by atoms with van der Waals surface area (Å²) in [5.74, 6) is 0.822. The van der Waals surface area contributed by atoms with E-state index < -0.39 is 5.91 Å². The topological polar surface area (TPSA) is 78.3 Å². The maximum Gasteiger partial charge on any atom is 0.295 e. The van der Waals surface area contributed by atoms with Gasteiger partial charge in [0, 0.05) is 17.3 Å². The first-order chi connectivity index (χ1) is 15.1. The van der Waals surface area contributed by atoms with Crippen LogP contribution in [-0.4, -0.2) is 34.9 Å². The van der Waals surface area contributed by atoms with E-state index >= 15 is 0 Å². The average Bonchev–Trinajstić information content (AvgIpc) is 3.25. The van der Waals surface area contributed by atoms with Crippen molar-refractivity contribution in [2.75, 3.05) is 19.5 Å². The first-order valence-corrected chi connectivity index (χ1v) is 9.40. The maximum atomic E-state index is 13.4. The molecule has 0 fully saturated rings. The van der Waals surface area contributed by atoms with E-state index in [4.69, 9.17) is 9.47 Å². The minimum Gasteiger partial charge on any atom is -0.497 e. The van der Waals surface area contributed by atoms with Gasteiger partial charge in [-0.25, -0.2) is 14.1 Å². The quantitative estimate of drug-likeness (QED) is 0.504. The van der Waals surface area contributed by atoms with Crippen molar-refractivity contribution in [3.63, 3.8) is 0 Å². The van der Waals surface area contributed by atoms with E-state index in [9.17, 15) is 9.18 Å². The number of hydrogen-bond donors (Lipinski definition) is 1. The zero-order valence-electron chi connectivity index (χ0n) is 16.9. The molecule has 0 atom stereocenters. The molecule has 1 aromatic heterocycles. The van der Waals surface area contributed by atoms with Gasteiger partial charge < -0.3 is 14.8 Å². The zero-order valence-corrected chi connectivity index (χ0v) is 16.9. The Morgan fingerprint density at radius 2 is 1.65 bits per heavy atom. The van der Waals surface area contributed by atoms with Crippen LogP contribution in [0.15, 0.2) is 72.8 Å². The van der Waals surface area contributed by atoms with Crippen LogP contribution in [-0.2, 0) is 0 Å². The van der Waals surface area contributed by atoms with Crippen molar-refractivity contribution in [2.45, 2.75) is 0 Å². The predicted molar refractivity (Wildman–Crippen MR) is 114 cm³/mol. The number of carbonyl (C=O) groups is 1. The van der Waals surface area contributed by atoms with Gasteiger partial charge in [-0.2, -0.15) is 0 Å². The Morgan fingerprint density at radius 1 is 0.935 bits per heavy atom. The SMILES string of the molecule is COc1ccc(-n2nc(C(=O)Nc3cccc(OC)c3)nc2-c2ccc(F)cc2)cc1. The molecule has 31 heavy (non-hydrogen) atoms. The summed E-state index contributed by atoms with van der Waals surface area (Å²) < 4.78 is 25.3. The highest BCUT2D eigenvalue weighted by atomic mass is 19.1. The molecular weight excluding hydrogens is 399 g/mol. The number of anilines is 1. The molecule has 4 rings (SSSR count). The molecule has 0 aliphatic heterocycles. The van der Waals surface area contributed by atoms with E-state index in [2.05, 4.69) is 15.4 Å². The van der Waals surface area contributed by atoms with E-state index in [1.54, 1.807) is 74.9 Å². The number of aromatic nitrogens is 3. The number of nitrogens with one attached hydrogen (secondary N) is 1. The van der Waals surface area contributed by atoms with Gasteiger partial charge in [0.2, 0.25) is 5.82 Å². The first kappa shape index (κ1) is 20.1. The Morgan fingerprint density at radius 3 is 2.32 bits per heavy atom. The molecule has 0 saturated heterocycles. The highest BCUT2D eigenvalue weighted by Gasteiger charge is 2.19. The lowest BCUT2D eigenvalue weighted by atomic mass is 10.2. The molecule has 0 aliphatic carbocycles. The van der Waals surface area contributed by atoms with Crippen LogP contribution in [0.3, 0.4) is 0 Å². The highest BCUT2D eigenvalue weighted by Crippen LogP contribution is 2.24. The predicted octanol–water partition coefficient (Wildman–Crippen LogP) is 4.34. The van der Waals surface area contributed by atoms with Gasteiger partial charge >= 0.3 is 0 Å². The lowest BCUT2D eigenvalue weighted by Crippen LogP contribution is -2.14. The van der Waals surface area contributed by atoms with Crippen LogP contribution >= 0.6 is 0 Å². The molecule has 8 heteroatoms. The third-order valence-corrected chi connectivity index (χ3v) is 4.56. The summed E-state index contributed by atoms with van der Waals surface area (Å²) in [6.45, 7) is 0. The lowest BCUT2D eigenvalue weighted by Gasteiger charge is -2.07. The van der Waals surface area contributed by atoms with Gasteiger partial charge in [0.05, 0.1) is 19.9 Å². The Hall–Kier alpha value is -4.20. The Balaban J connectivity index is 1.72. The summed E-state index contributed by atoms with van der Waals surface area (Å²) in [5, 5.41) is 7.17. The molecule has 1 N–H and O–H groups in total. The second kappa shape index (κ2) is 8.66. The van der Waals surface area contributed by atoms with Gasteiger partial charge in [0.1, 0.15) is 17.3 Å². The summed E-state index contributed by atoms with van der Waals surface area (Å²) >= 11 is 0. The van der Waals surface area contributed by atoms with Crippen LogP contribution in [0, 0.1) is 5.82 Å². The van der Waals surface area contributed by atoms with E-state index in [0.29, 0.717) is 34.3 Å².